The second-order valence-corrected chi connectivity index (χ2v) is 15.1. The molecule has 61 heavy (non-hydrogen) atoms. The van der Waals surface area contributed by atoms with Gasteiger partial charge < -0.3 is 28.3 Å². The number of amides is 4. The second kappa shape index (κ2) is 18.0. The van der Waals surface area contributed by atoms with Crippen molar-refractivity contribution in [3.8, 4) is 28.4 Å². The molecule has 2 fully saturated rings. The molecule has 3 aromatic heterocycles. The van der Waals surface area contributed by atoms with Gasteiger partial charge in [0.25, 0.3) is 17.4 Å². The molecule has 1 N–H and O–H groups in total. The van der Waals surface area contributed by atoms with Crippen molar-refractivity contribution in [2.45, 2.75) is 57.5 Å². The first-order valence-corrected chi connectivity index (χ1v) is 20.1. The van der Waals surface area contributed by atoms with Crippen LogP contribution in [0.5, 0.6) is 17.2 Å². The van der Waals surface area contributed by atoms with Crippen LogP contribution in [0.4, 0.5) is 0 Å². The van der Waals surface area contributed by atoms with Gasteiger partial charge in [-0.05, 0) is 66.6 Å². The Balaban J connectivity index is 0.759. The van der Waals surface area contributed by atoms with Crippen LogP contribution in [0.1, 0.15) is 57.7 Å². The zero-order chi connectivity index (χ0) is 42.6. The van der Waals surface area contributed by atoms with Crippen molar-refractivity contribution in [1.29, 1.82) is 0 Å². The van der Waals surface area contributed by atoms with E-state index in [0.717, 1.165) is 58.6 Å². The number of imide groups is 2. The Morgan fingerprint density at radius 3 is 2.36 bits per heavy atom. The van der Waals surface area contributed by atoms with E-state index < -0.39 is 29.7 Å². The van der Waals surface area contributed by atoms with Crippen LogP contribution in [0.3, 0.4) is 0 Å². The first-order valence-electron chi connectivity index (χ1n) is 20.1. The van der Waals surface area contributed by atoms with Gasteiger partial charge in [0.05, 0.1) is 75.0 Å². The lowest BCUT2D eigenvalue weighted by Gasteiger charge is -2.32. The third kappa shape index (κ3) is 8.73. The lowest BCUT2D eigenvalue weighted by Crippen LogP contribution is -2.54. The quantitative estimate of drug-likeness (QED) is 0.112. The summed E-state index contributed by atoms with van der Waals surface area (Å²) in [7, 11) is 5.04. The van der Waals surface area contributed by atoms with Crippen LogP contribution in [0, 0.1) is 0 Å². The lowest BCUT2D eigenvalue weighted by atomic mass is 9.98. The summed E-state index contributed by atoms with van der Waals surface area (Å²) in [6, 6.07) is 9.40. The normalized spacial score (nSPS) is 17.2. The number of rotatable bonds is 16. The van der Waals surface area contributed by atoms with Gasteiger partial charge in [-0.15, -0.1) is 5.10 Å². The predicted octanol–water partition coefficient (Wildman–Crippen LogP) is 2.89. The summed E-state index contributed by atoms with van der Waals surface area (Å²) in [6.07, 6.45) is 8.88. The Bertz CT molecular complexity index is 2520. The fourth-order valence-electron chi connectivity index (χ4n) is 8.03. The van der Waals surface area contributed by atoms with Gasteiger partial charge in [-0.3, -0.25) is 44.1 Å². The van der Waals surface area contributed by atoms with E-state index >= 15 is 0 Å². The third-order valence-corrected chi connectivity index (χ3v) is 11.2. The van der Waals surface area contributed by atoms with Crippen LogP contribution < -0.4 is 25.1 Å². The number of methoxy groups -OCH3 is 2. The molecule has 0 spiro atoms. The fraction of sp³-hybridized carbons (Fsp3) is 0.395. The molecule has 2 aromatic carbocycles. The molecule has 18 nitrogen and oxygen atoms in total. The van der Waals surface area contributed by atoms with Gasteiger partial charge in [0.2, 0.25) is 11.8 Å². The number of aryl methyl sites for hydroxylation is 1. The SMILES string of the molecule is COc1cc(-c2cn(C)c(=O)c3cnccc23)cc(OC)c1CN1CCC(OCc2cn(CCOCCOc3ccc4c(c3)C(=O)N(C3CCC(=O)NC3=O)C4=O)nn2)CC1. The minimum Gasteiger partial charge on any atom is -0.496 e. The van der Waals surface area contributed by atoms with E-state index in [1.807, 2.05) is 30.6 Å². The maximum atomic E-state index is 13.1. The summed E-state index contributed by atoms with van der Waals surface area (Å²) >= 11 is 0. The first-order chi connectivity index (χ1) is 29.6. The summed E-state index contributed by atoms with van der Waals surface area (Å²) in [5.74, 6) is -0.436. The van der Waals surface area contributed by atoms with Gasteiger partial charge in [-0.25, -0.2) is 4.68 Å². The van der Waals surface area contributed by atoms with Crippen LogP contribution in [0.25, 0.3) is 21.9 Å². The summed E-state index contributed by atoms with van der Waals surface area (Å²) in [5, 5.41) is 12.0. The Hall–Kier alpha value is -6.50. The van der Waals surface area contributed by atoms with Crippen molar-refractivity contribution in [3.63, 3.8) is 0 Å². The number of pyridine rings is 2. The van der Waals surface area contributed by atoms with Crippen LogP contribution in [0.15, 0.2) is 66.0 Å². The predicted molar refractivity (Wildman–Crippen MR) is 218 cm³/mol. The van der Waals surface area contributed by atoms with E-state index in [0.29, 0.717) is 48.9 Å². The zero-order valence-electron chi connectivity index (χ0n) is 34.1. The van der Waals surface area contributed by atoms with Crippen LogP contribution in [-0.2, 0) is 45.8 Å². The number of hydrogen-bond donors (Lipinski definition) is 1. The molecule has 0 radical (unpaired) electrons. The molecule has 0 aliphatic carbocycles. The highest BCUT2D eigenvalue weighted by atomic mass is 16.5. The Morgan fingerprint density at radius 1 is 0.836 bits per heavy atom. The summed E-state index contributed by atoms with van der Waals surface area (Å²) in [5.41, 5.74) is 3.67. The second-order valence-electron chi connectivity index (χ2n) is 15.1. The molecular weight excluding hydrogens is 789 g/mol. The maximum Gasteiger partial charge on any atom is 0.262 e. The molecule has 0 saturated carbocycles. The van der Waals surface area contributed by atoms with E-state index in [4.69, 9.17) is 23.7 Å². The maximum absolute atomic E-state index is 13.1. The summed E-state index contributed by atoms with van der Waals surface area (Å²) in [4.78, 5) is 70.0. The molecule has 8 rings (SSSR count). The molecule has 1 atom stereocenters. The highest BCUT2D eigenvalue weighted by molar-refractivity contribution is 6.23. The highest BCUT2D eigenvalue weighted by Gasteiger charge is 2.44. The molecule has 4 amide bonds. The molecule has 318 valence electrons. The average Bonchev–Trinajstić information content (AvgIpc) is 3.83. The Labute approximate surface area is 350 Å². The number of carbonyl (C=O) groups excluding carboxylic acids is 4. The van der Waals surface area contributed by atoms with Crippen molar-refractivity contribution in [3.05, 3.63) is 93.9 Å². The van der Waals surface area contributed by atoms with E-state index in [1.165, 1.54) is 12.1 Å². The molecule has 3 aliphatic rings. The minimum atomic E-state index is -1.03. The van der Waals surface area contributed by atoms with Gasteiger partial charge in [-0.1, -0.05) is 5.21 Å². The molecule has 3 aliphatic heterocycles. The van der Waals surface area contributed by atoms with E-state index in [1.54, 1.807) is 49.0 Å². The third-order valence-electron chi connectivity index (χ3n) is 11.2. The number of hydrogen-bond acceptors (Lipinski definition) is 14. The average molecular weight is 835 g/mol. The number of ether oxygens (including phenoxy) is 5. The van der Waals surface area contributed by atoms with Crippen LogP contribution >= 0.6 is 0 Å². The molecular formula is C43H46N8O10. The van der Waals surface area contributed by atoms with E-state index in [9.17, 15) is 24.0 Å². The topological polar surface area (TPSA) is 199 Å². The van der Waals surface area contributed by atoms with Gasteiger partial charge in [-0.2, -0.15) is 0 Å². The van der Waals surface area contributed by atoms with Crippen molar-refractivity contribution >= 4 is 34.4 Å². The largest absolute Gasteiger partial charge is 0.496 e. The van der Waals surface area contributed by atoms with Crippen LogP contribution in [0.2, 0.25) is 0 Å². The highest BCUT2D eigenvalue weighted by Crippen LogP contribution is 2.38. The molecule has 18 heteroatoms. The monoisotopic (exact) mass is 834 g/mol. The van der Waals surface area contributed by atoms with Gasteiger partial charge in [0.15, 0.2) is 0 Å². The molecule has 5 aromatic rings. The number of likely N-dealkylation sites (tertiary alicyclic amines) is 1. The number of nitrogens with one attached hydrogen (secondary N) is 1. The minimum absolute atomic E-state index is 0.0542. The van der Waals surface area contributed by atoms with Crippen molar-refractivity contribution < 1.29 is 42.9 Å². The Kier molecular flexibility index (Phi) is 12.2. The number of fused-ring (bicyclic) bond motifs is 2. The standard InChI is InChI=1S/C43H46N8O10/c1-48-23-34(30-8-11-44-21-33(30)41(48)54)26-18-37(57-2)35(38(19-26)58-3)24-49-12-9-28(10-13-49)61-25-27-22-50(47-46-27)14-15-59-16-17-60-29-4-5-31-32(20-29)43(56)51(42(31)55)36-6-7-39(52)45-40(36)53/h4-5,8,11,18-23,28,36H,6-7,9-10,12-17,24-25H2,1-3H3,(H,45,52,53). The first kappa shape index (κ1) is 41.2. The fourth-order valence-corrected chi connectivity index (χ4v) is 8.03. The van der Waals surface area contributed by atoms with Gasteiger partial charge >= 0.3 is 0 Å². The number of nitrogens with zero attached hydrogens (tertiary/aromatic N) is 7. The van der Waals surface area contributed by atoms with E-state index in [-0.39, 0.29) is 48.8 Å². The summed E-state index contributed by atoms with van der Waals surface area (Å²) in [6.45, 7) is 3.97. The molecule has 6 heterocycles. The number of benzene rings is 2. The smallest absolute Gasteiger partial charge is 0.262 e. The van der Waals surface area contributed by atoms with Gasteiger partial charge in [0, 0.05) is 57.3 Å². The molecule has 1 unspecified atom stereocenters. The van der Waals surface area contributed by atoms with E-state index in [2.05, 4.69) is 25.5 Å². The van der Waals surface area contributed by atoms with Crippen molar-refractivity contribution in [1.82, 2.24) is 39.7 Å². The van der Waals surface area contributed by atoms with Crippen molar-refractivity contribution in [2.75, 3.05) is 47.1 Å². The lowest BCUT2D eigenvalue weighted by molar-refractivity contribution is -0.136. The molecule has 0 bridgehead atoms. The van der Waals surface area contributed by atoms with Gasteiger partial charge in [0.1, 0.15) is 35.6 Å². The number of piperidine rings is 2. The molecule has 2 saturated heterocycles. The zero-order valence-corrected chi connectivity index (χ0v) is 34.1. The van der Waals surface area contributed by atoms with Crippen molar-refractivity contribution in [2.24, 2.45) is 7.05 Å². The summed E-state index contributed by atoms with van der Waals surface area (Å²) < 4.78 is 32.8. The Morgan fingerprint density at radius 2 is 1.61 bits per heavy atom. The van der Waals surface area contributed by atoms with Crippen LogP contribution in [-0.4, -0.2) is 117 Å². The number of aromatic nitrogens is 5. The number of carbonyl (C=O) groups is 4.